The van der Waals surface area contributed by atoms with E-state index in [-0.39, 0.29) is 18.6 Å². The van der Waals surface area contributed by atoms with Crippen molar-refractivity contribution >= 4 is 12.5 Å². The fourth-order valence-corrected chi connectivity index (χ4v) is 7.49. The van der Waals surface area contributed by atoms with Crippen molar-refractivity contribution in [3.63, 3.8) is 0 Å². The van der Waals surface area contributed by atoms with Crippen molar-refractivity contribution < 1.29 is 42.7 Å². The van der Waals surface area contributed by atoms with Crippen LogP contribution in [-0.4, -0.2) is 60.8 Å². The van der Waals surface area contributed by atoms with Crippen LogP contribution >= 0.6 is 0 Å². The van der Waals surface area contributed by atoms with Gasteiger partial charge >= 0.3 is 6.09 Å². The van der Waals surface area contributed by atoms with E-state index in [0.29, 0.717) is 42.6 Å². The zero-order valence-electron chi connectivity index (χ0n) is 35.3. The van der Waals surface area contributed by atoms with E-state index in [2.05, 4.69) is 34.9 Å². The molecule has 316 valence electrons. The van der Waals surface area contributed by atoms with Gasteiger partial charge in [0.2, 0.25) is 6.41 Å². The lowest BCUT2D eigenvalue weighted by Gasteiger charge is -2.23. The van der Waals surface area contributed by atoms with E-state index >= 15 is 0 Å². The maximum Gasteiger partial charge on any atom is 0.407 e. The summed E-state index contributed by atoms with van der Waals surface area (Å²) in [4.78, 5) is 24.3. The lowest BCUT2D eigenvalue weighted by molar-refractivity contribution is -0.110. The Morgan fingerprint density at radius 3 is 1.46 bits per heavy atom. The molecule has 11 nitrogen and oxygen atoms in total. The van der Waals surface area contributed by atoms with Gasteiger partial charge < -0.3 is 43.8 Å². The van der Waals surface area contributed by atoms with Gasteiger partial charge in [0, 0.05) is 29.2 Å². The zero-order valence-corrected chi connectivity index (χ0v) is 35.3. The van der Waals surface area contributed by atoms with Gasteiger partial charge in [0.1, 0.15) is 41.1 Å². The summed E-state index contributed by atoms with van der Waals surface area (Å²) >= 11 is 0. The van der Waals surface area contributed by atoms with E-state index in [4.69, 9.17) is 33.2 Å². The van der Waals surface area contributed by atoms with Crippen molar-refractivity contribution in [2.45, 2.75) is 31.8 Å². The molecule has 11 heteroatoms. The predicted octanol–water partition coefficient (Wildman–Crippen LogP) is 9.67. The van der Waals surface area contributed by atoms with E-state index in [0.717, 1.165) is 33.8 Å². The van der Waals surface area contributed by atoms with E-state index in [1.165, 1.54) is 22.3 Å². The first-order valence-electron chi connectivity index (χ1n) is 20.1. The first-order valence-corrected chi connectivity index (χ1v) is 20.1. The molecule has 0 saturated carbocycles. The van der Waals surface area contributed by atoms with Crippen molar-refractivity contribution in [3.05, 3.63) is 167 Å². The molecular formula is C50H52N2O9. The van der Waals surface area contributed by atoms with E-state index < -0.39 is 12.1 Å². The number of carbonyl (C=O) groups is 2. The van der Waals surface area contributed by atoms with Crippen LogP contribution in [0.15, 0.2) is 133 Å². The maximum absolute atomic E-state index is 13.2. The molecule has 2 amide bonds. The van der Waals surface area contributed by atoms with Crippen LogP contribution in [0.25, 0.3) is 11.1 Å². The van der Waals surface area contributed by atoms with Gasteiger partial charge in [-0.15, -0.1) is 0 Å². The Labute approximate surface area is 357 Å². The average molecular weight is 825 g/mol. The Balaban J connectivity index is 0.000000232. The second-order valence-corrected chi connectivity index (χ2v) is 13.8. The molecule has 0 heterocycles. The fraction of sp³-hybridized carbons (Fsp3) is 0.240. The number of fused-ring (bicyclic) bond motifs is 3. The second kappa shape index (κ2) is 21.2. The minimum absolute atomic E-state index is 0.0207. The highest BCUT2D eigenvalue weighted by Crippen LogP contribution is 2.44. The summed E-state index contributed by atoms with van der Waals surface area (Å²) in [5.41, 5.74) is 8.15. The standard InChI is InChI=1S/C32H31NO5.C18H21NO4/c1-4-37-22-15-13-21(14-16-22)31(28-18-17-23(35-2)19-30(28)36-3)33-32(34)38-20-29-26-11-7-5-9-24(26)25-10-6-8-12-27(25)29;1-4-23-14-7-5-13(6-8-14)18(19-12-20)16-10-9-15(21-2)11-17(16)22-3/h5-19,29,31H,4,20H2,1-3H3,(H,33,34);5-12,18H,4H2,1-3H3,(H,19,20). The third-order valence-corrected chi connectivity index (χ3v) is 10.4. The van der Waals surface area contributed by atoms with Crippen molar-refractivity contribution in [1.29, 1.82) is 0 Å². The van der Waals surface area contributed by atoms with Crippen LogP contribution in [0.4, 0.5) is 4.79 Å². The van der Waals surface area contributed by atoms with Gasteiger partial charge in [0.25, 0.3) is 0 Å². The molecule has 7 rings (SSSR count). The fourth-order valence-electron chi connectivity index (χ4n) is 7.49. The van der Waals surface area contributed by atoms with Crippen LogP contribution in [0.3, 0.4) is 0 Å². The van der Waals surface area contributed by atoms with Crippen LogP contribution in [0.1, 0.15) is 65.2 Å². The van der Waals surface area contributed by atoms with Gasteiger partial charge in [-0.2, -0.15) is 0 Å². The Morgan fingerprint density at radius 1 is 0.574 bits per heavy atom. The lowest BCUT2D eigenvalue weighted by atomic mass is 9.97. The summed E-state index contributed by atoms with van der Waals surface area (Å²) < 4.78 is 38.6. The van der Waals surface area contributed by atoms with E-state index in [9.17, 15) is 9.59 Å². The van der Waals surface area contributed by atoms with Gasteiger partial charge in [-0.05, 0) is 95.8 Å². The molecule has 2 atom stereocenters. The van der Waals surface area contributed by atoms with Crippen LogP contribution < -0.4 is 39.1 Å². The Morgan fingerprint density at radius 2 is 1.02 bits per heavy atom. The van der Waals surface area contributed by atoms with E-state index in [1.54, 1.807) is 40.6 Å². The van der Waals surface area contributed by atoms with Gasteiger partial charge in [-0.25, -0.2) is 4.79 Å². The highest BCUT2D eigenvalue weighted by Gasteiger charge is 2.30. The molecule has 6 aromatic rings. The summed E-state index contributed by atoms with van der Waals surface area (Å²) in [7, 11) is 6.39. The first-order chi connectivity index (χ1) is 29.8. The Hall–Kier alpha value is -7.14. The second-order valence-electron chi connectivity index (χ2n) is 13.8. The molecule has 0 fully saturated rings. The quantitative estimate of drug-likeness (QED) is 0.0866. The van der Waals surface area contributed by atoms with Crippen LogP contribution in [0, 0.1) is 0 Å². The third kappa shape index (κ3) is 10.4. The number of benzene rings is 6. The van der Waals surface area contributed by atoms with Crippen molar-refractivity contribution in [1.82, 2.24) is 10.6 Å². The van der Waals surface area contributed by atoms with E-state index in [1.807, 2.05) is 111 Å². The number of amides is 2. The van der Waals surface area contributed by atoms with Crippen molar-refractivity contribution in [2.75, 3.05) is 48.3 Å². The minimum Gasteiger partial charge on any atom is -0.497 e. The zero-order chi connectivity index (χ0) is 43.1. The Kier molecular flexibility index (Phi) is 15.1. The normalized spacial score (nSPS) is 12.2. The Bertz CT molecular complexity index is 2320. The molecule has 0 spiro atoms. The predicted molar refractivity (Wildman–Crippen MR) is 235 cm³/mol. The highest BCUT2D eigenvalue weighted by atomic mass is 16.5. The van der Waals surface area contributed by atoms with Crippen LogP contribution in [0.5, 0.6) is 34.5 Å². The minimum atomic E-state index is -0.512. The molecule has 0 saturated heterocycles. The summed E-state index contributed by atoms with van der Waals surface area (Å²) in [6, 6.07) is 42.1. The molecule has 0 bridgehead atoms. The first kappa shape index (κ1) is 43.4. The number of alkyl carbamates (subject to hydrolysis) is 1. The number of nitrogens with one attached hydrogen (secondary N) is 2. The summed E-state index contributed by atoms with van der Waals surface area (Å²) in [6.45, 7) is 5.30. The number of ether oxygens (including phenoxy) is 7. The maximum atomic E-state index is 13.2. The van der Waals surface area contributed by atoms with Crippen molar-refractivity contribution in [3.8, 4) is 45.6 Å². The average Bonchev–Trinajstić information content (AvgIpc) is 3.63. The monoisotopic (exact) mass is 824 g/mol. The van der Waals surface area contributed by atoms with Gasteiger partial charge in [0.15, 0.2) is 0 Å². The number of hydrogen-bond acceptors (Lipinski definition) is 9. The molecule has 1 aliphatic carbocycles. The smallest absolute Gasteiger partial charge is 0.407 e. The number of rotatable bonds is 17. The number of methoxy groups -OCH3 is 4. The van der Waals surface area contributed by atoms with Crippen molar-refractivity contribution in [2.24, 2.45) is 0 Å². The molecule has 0 aromatic heterocycles. The molecule has 1 aliphatic rings. The molecule has 6 aromatic carbocycles. The van der Waals surface area contributed by atoms with Gasteiger partial charge in [-0.1, -0.05) is 72.8 Å². The molecule has 0 aliphatic heterocycles. The molecule has 2 unspecified atom stereocenters. The topological polar surface area (TPSA) is 123 Å². The molecule has 2 N–H and O–H groups in total. The molecular weight excluding hydrogens is 773 g/mol. The number of hydrogen-bond donors (Lipinski definition) is 2. The molecule has 0 radical (unpaired) electrons. The third-order valence-electron chi connectivity index (χ3n) is 10.4. The van der Waals surface area contributed by atoms with Gasteiger partial charge in [0.05, 0.1) is 53.7 Å². The SMILES string of the molecule is CCOc1ccc(C(NC(=O)OCC2c3ccccc3-c3ccccc32)c2ccc(OC)cc2OC)cc1.CCOc1ccc(C(NC=O)c2ccc(OC)cc2OC)cc1. The molecule has 61 heavy (non-hydrogen) atoms. The largest absolute Gasteiger partial charge is 0.497 e. The summed E-state index contributed by atoms with van der Waals surface area (Å²) in [6.07, 6.45) is 0.175. The lowest BCUT2D eigenvalue weighted by Crippen LogP contribution is -2.31. The van der Waals surface area contributed by atoms with Gasteiger partial charge in [-0.3, -0.25) is 4.79 Å². The van der Waals surface area contributed by atoms with Crippen LogP contribution in [0.2, 0.25) is 0 Å². The highest BCUT2D eigenvalue weighted by molar-refractivity contribution is 5.79. The van der Waals surface area contributed by atoms with Crippen LogP contribution in [-0.2, 0) is 9.53 Å². The summed E-state index contributed by atoms with van der Waals surface area (Å²) in [5, 5.41) is 5.90. The number of carbonyl (C=O) groups excluding carboxylic acids is 2. The summed E-state index contributed by atoms with van der Waals surface area (Å²) in [5.74, 6) is 4.15.